The normalized spacial score (nSPS) is 25.0. The molecule has 0 spiro atoms. The quantitative estimate of drug-likeness (QED) is 0.613. The molecule has 2 rings (SSSR count). The Morgan fingerprint density at radius 2 is 1.89 bits per heavy atom. The second-order valence-electron chi connectivity index (χ2n) is 5.65. The number of hydrogen-bond donors (Lipinski definition) is 0. The zero-order chi connectivity index (χ0) is 14.3. The Morgan fingerprint density at radius 3 is 2.42 bits per heavy atom. The van der Waals surface area contributed by atoms with Crippen LogP contribution in [0.2, 0.25) is 0 Å². The Bertz CT molecular complexity index is 573. The Labute approximate surface area is 116 Å². The van der Waals surface area contributed by atoms with Crippen LogP contribution in [0.15, 0.2) is 41.8 Å². The Hall–Kier alpha value is -1.13. The molecule has 1 unspecified atom stereocenters. The summed E-state index contributed by atoms with van der Waals surface area (Å²) in [6.07, 6.45) is 3.51. The van der Waals surface area contributed by atoms with Crippen molar-refractivity contribution in [2.24, 2.45) is 0 Å². The van der Waals surface area contributed by atoms with E-state index in [9.17, 15) is 8.42 Å². The molecular formula is C15H21NO2S. The third kappa shape index (κ3) is 2.47. The summed E-state index contributed by atoms with van der Waals surface area (Å²) in [4.78, 5) is 0.382. The number of nitrogens with zero attached hydrogens (tertiary/aromatic N) is 1. The smallest absolute Gasteiger partial charge is 0.207 e. The van der Waals surface area contributed by atoms with E-state index in [2.05, 4.69) is 6.58 Å². The molecule has 4 heteroatoms. The van der Waals surface area contributed by atoms with Crippen molar-refractivity contribution < 1.29 is 8.42 Å². The highest BCUT2D eigenvalue weighted by atomic mass is 32.2. The first-order valence-electron chi connectivity index (χ1n) is 6.54. The average molecular weight is 279 g/mol. The third-order valence-electron chi connectivity index (χ3n) is 3.82. The van der Waals surface area contributed by atoms with Crippen LogP contribution in [0.3, 0.4) is 0 Å². The molecule has 2 atom stereocenters. The molecule has 0 aliphatic carbocycles. The fourth-order valence-corrected chi connectivity index (χ4v) is 4.68. The largest absolute Gasteiger partial charge is 0.243 e. The van der Waals surface area contributed by atoms with Crippen molar-refractivity contribution in [3.63, 3.8) is 0 Å². The van der Waals surface area contributed by atoms with Gasteiger partial charge < -0.3 is 0 Å². The van der Waals surface area contributed by atoms with E-state index < -0.39 is 10.0 Å². The van der Waals surface area contributed by atoms with Gasteiger partial charge in [0, 0.05) is 11.6 Å². The van der Waals surface area contributed by atoms with Crippen LogP contribution in [0, 0.1) is 6.92 Å². The van der Waals surface area contributed by atoms with Gasteiger partial charge in [-0.3, -0.25) is 0 Å². The molecule has 1 aromatic carbocycles. The second kappa shape index (κ2) is 4.76. The topological polar surface area (TPSA) is 37.1 Å². The van der Waals surface area contributed by atoms with E-state index in [1.165, 1.54) is 0 Å². The Morgan fingerprint density at radius 1 is 1.32 bits per heavy atom. The minimum absolute atomic E-state index is 0.0804. The fraction of sp³-hybridized carbons (Fsp3) is 0.467. The van der Waals surface area contributed by atoms with Gasteiger partial charge in [0.25, 0.3) is 0 Å². The van der Waals surface area contributed by atoms with E-state index in [-0.39, 0.29) is 11.6 Å². The molecule has 1 aliphatic heterocycles. The molecular weight excluding hydrogens is 258 g/mol. The lowest BCUT2D eigenvalue weighted by atomic mass is 10.1. The summed E-state index contributed by atoms with van der Waals surface area (Å²) in [5.74, 6) is 0. The first kappa shape index (κ1) is 14.3. The van der Waals surface area contributed by atoms with E-state index in [0.29, 0.717) is 4.90 Å². The summed E-state index contributed by atoms with van der Waals surface area (Å²) < 4.78 is 26.8. The number of allylic oxidation sites excluding steroid dienone is 1. The molecule has 1 aliphatic rings. The second-order valence-corrected chi connectivity index (χ2v) is 7.46. The first-order chi connectivity index (χ1) is 8.81. The summed E-state index contributed by atoms with van der Waals surface area (Å²) in [6.45, 7) is 9.60. The van der Waals surface area contributed by atoms with Gasteiger partial charge in [0.15, 0.2) is 0 Å². The molecule has 1 fully saturated rings. The van der Waals surface area contributed by atoms with Crippen LogP contribution in [-0.2, 0) is 10.0 Å². The van der Waals surface area contributed by atoms with Crippen LogP contribution in [0.1, 0.15) is 32.3 Å². The molecule has 0 radical (unpaired) electrons. The van der Waals surface area contributed by atoms with Crippen LogP contribution in [-0.4, -0.2) is 24.3 Å². The molecule has 0 aromatic heterocycles. The van der Waals surface area contributed by atoms with E-state index in [0.717, 1.165) is 18.4 Å². The summed E-state index contributed by atoms with van der Waals surface area (Å²) in [7, 11) is -3.37. The monoisotopic (exact) mass is 279 g/mol. The van der Waals surface area contributed by atoms with E-state index in [1.807, 2.05) is 39.0 Å². The van der Waals surface area contributed by atoms with Crippen molar-refractivity contribution in [2.75, 3.05) is 0 Å². The summed E-state index contributed by atoms with van der Waals surface area (Å²) in [6, 6.07) is 7.12. The molecule has 1 saturated heterocycles. The van der Waals surface area contributed by atoms with E-state index >= 15 is 0 Å². The number of benzene rings is 1. The van der Waals surface area contributed by atoms with Gasteiger partial charge in [-0.15, -0.1) is 6.58 Å². The van der Waals surface area contributed by atoms with Gasteiger partial charge in [0.2, 0.25) is 10.0 Å². The molecule has 0 amide bonds. The highest BCUT2D eigenvalue weighted by molar-refractivity contribution is 7.89. The predicted molar refractivity (Wildman–Crippen MR) is 77.5 cm³/mol. The van der Waals surface area contributed by atoms with Gasteiger partial charge in [0.1, 0.15) is 0 Å². The lowest BCUT2D eigenvalue weighted by Crippen LogP contribution is -2.18. The van der Waals surface area contributed by atoms with Gasteiger partial charge in [-0.25, -0.2) is 8.42 Å². The molecule has 0 N–H and O–H groups in total. The standard InChI is InChI=1S/C15H21NO2S/c1-5-6-7-14-15(3,4)16(14)19(17,18)13-10-8-12(2)9-11-13/h5,8-11,14H,1,6-7H2,2-4H3/t14-,16?/m1/s1. The van der Waals surface area contributed by atoms with Crippen LogP contribution in [0.4, 0.5) is 0 Å². The number of rotatable bonds is 5. The summed E-state index contributed by atoms with van der Waals surface area (Å²) in [5.41, 5.74) is 0.777. The molecule has 3 nitrogen and oxygen atoms in total. The zero-order valence-corrected chi connectivity index (χ0v) is 12.6. The van der Waals surface area contributed by atoms with Crippen molar-refractivity contribution in [2.45, 2.75) is 50.1 Å². The van der Waals surface area contributed by atoms with Gasteiger partial charge in [-0.2, -0.15) is 4.31 Å². The van der Waals surface area contributed by atoms with Crippen molar-refractivity contribution in [3.8, 4) is 0 Å². The van der Waals surface area contributed by atoms with Crippen LogP contribution in [0.25, 0.3) is 0 Å². The van der Waals surface area contributed by atoms with Crippen LogP contribution in [0.5, 0.6) is 0 Å². The number of sulfonamides is 1. The average Bonchev–Trinajstić information content (AvgIpc) is 2.90. The number of aryl methyl sites for hydroxylation is 1. The molecule has 1 aromatic rings. The highest BCUT2D eigenvalue weighted by Gasteiger charge is 2.61. The van der Waals surface area contributed by atoms with Crippen molar-refractivity contribution in [1.29, 1.82) is 0 Å². The SMILES string of the molecule is C=CCC[C@H]1N(S(=O)(=O)c2ccc(C)cc2)C1(C)C. The lowest BCUT2D eigenvalue weighted by molar-refractivity contribution is 0.526. The molecule has 0 saturated carbocycles. The summed E-state index contributed by atoms with van der Waals surface area (Å²) in [5, 5.41) is 0. The minimum Gasteiger partial charge on any atom is -0.207 e. The van der Waals surface area contributed by atoms with Gasteiger partial charge in [-0.1, -0.05) is 23.8 Å². The van der Waals surface area contributed by atoms with Gasteiger partial charge >= 0.3 is 0 Å². The maximum Gasteiger partial charge on any atom is 0.243 e. The maximum atomic E-state index is 12.6. The minimum atomic E-state index is -3.37. The lowest BCUT2D eigenvalue weighted by Gasteiger charge is -2.08. The van der Waals surface area contributed by atoms with Crippen LogP contribution >= 0.6 is 0 Å². The summed E-state index contributed by atoms with van der Waals surface area (Å²) >= 11 is 0. The predicted octanol–water partition coefficient (Wildman–Crippen LogP) is 3.11. The van der Waals surface area contributed by atoms with Crippen molar-refractivity contribution in [3.05, 3.63) is 42.5 Å². The van der Waals surface area contributed by atoms with Gasteiger partial charge in [0.05, 0.1) is 4.90 Å². The number of hydrogen-bond acceptors (Lipinski definition) is 2. The fourth-order valence-electron chi connectivity index (χ4n) is 2.58. The zero-order valence-electron chi connectivity index (χ0n) is 11.8. The van der Waals surface area contributed by atoms with E-state index in [1.54, 1.807) is 16.4 Å². The van der Waals surface area contributed by atoms with Crippen molar-refractivity contribution >= 4 is 10.0 Å². The molecule has 0 bridgehead atoms. The van der Waals surface area contributed by atoms with Gasteiger partial charge in [-0.05, 0) is 45.7 Å². The highest BCUT2D eigenvalue weighted by Crippen LogP contribution is 2.47. The van der Waals surface area contributed by atoms with Crippen molar-refractivity contribution in [1.82, 2.24) is 4.31 Å². The Kier molecular flexibility index (Phi) is 3.58. The van der Waals surface area contributed by atoms with E-state index in [4.69, 9.17) is 0 Å². The maximum absolute atomic E-state index is 12.6. The third-order valence-corrected chi connectivity index (χ3v) is 5.93. The molecule has 104 valence electrons. The van der Waals surface area contributed by atoms with Crippen LogP contribution < -0.4 is 0 Å². The Balaban J connectivity index is 2.26. The molecule has 1 heterocycles. The molecule has 19 heavy (non-hydrogen) atoms. The first-order valence-corrected chi connectivity index (χ1v) is 7.98.